The molecule has 0 aliphatic heterocycles. The molecule has 0 aliphatic carbocycles. The summed E-state index contributed by atoms with van der Waals surface area (Å²) in [6.45, 7) is 6.26. The molecule has 0 atom stereocenters. The third-order valence-electron chi connectivity index (χ3n) is 3.07. The van der Waals surface area contributed by atoms with E-state index in [-0.39, 0.29) is 12.4 Å². The van der Waals surface area contributed by atoms with Gasteiger partial charge in [0.25, 0.3) is 0 Å². The van der Waals surface area contributed by atoms with Crippen molar-refractivity contribution in [3.8, 4) is 0 Å². The average molecular weight is 327 g/mol. The summed E-state index contributed by atoms with van der Waals surface area (Å²) in [4.78, 5) is 0. The largest absolute Gasteiger partial charge is 1.00 e. The number of aromatic nitrogens is 4. The van der Waals surface area contributed by atoms with Crippen molar-refractivity contribution in [2.24, 2.45) is 7.05 Å². The van der Waals surface area contributed by atoms with Crippen LogP contribution < -0.4 is 17.7 Å². The van der Waals surface area contributed by atoms with E-state index in [1.165, 1.54) is 11.1 Å². The average Bonchev–Trinajstić information content (AvgIpc) is 2.84. The van der Waals surface area contributed by atoms with Gasteiger partial charge in [0.2, 0.25) is 5.16 Å². The maximum Gasteiger partial charge on any atom is 0.209 e. The van der Waals surface area contributed by atoms with Gasteiger partial charge in [-0.25, -0.2) is 4.68 Å². The zero-order chi connectivity index (χ0) is 14.4. The van der Waals surface area contributed by atoms with Crippen molar-refractivity contribution in [1.82, 2.24) is 25.5 Å². The lowest BCUT2D eigenvalue weighted by Gasteiger charge is -2.08. The fourth-order valence-electron chi connectivity index (χ4n) is 1.81. The van der Waals surface area contributed by atoms with E-state index in [2.05, 4.69) is 59.0 Å². The van der Waals surface area contributed by atoms with Crippen LogP contribution in [0.25, 0.3) is 0 Å². The molecule has 2 rings (SSSR count). The molecule has 0 spiro atoms. The van der Waals surface area contributed by atoms with Crippen molar-refractivity contribution >= 4 is 11.8 Å². The third kappa shape index (κ3) is 5.65. The number of nitrogens with zero attached hydrogens (tertiary/aromatic N) is 4. The molecular weight excluding hydrogens is 306 g/mol. The van der Waals surface area contributed by atoms with Crippen LogP contribution in [0.4, 0.5) is 0 Å². The number of aryl methyl sites for hydroxylation is 1. The summed E-state index contributed by atoms with van der Waals surface area (Å²) < 4.78 is 1.69. The molecule has 116 valence electrons. The summed E-state index contributed by atoms with van der Waals surface area (Å²) in [6.07, 6.45) is 0. The Morgan fingerprint density at radius 1 is 1.24 bits per heavy atom. The molecule has 1 aromatic heterocycles. The molecule has 0 amide bonds. The van der Waals surface area contributed by atoms with E-state index in [1.807, 2.05) is 7.05 Å². The maximum absolute atomic E-state index is 3.93. The fraction of sp³-hybridized carbons (Fsp3) is 0.500. The third-order valence-corrected chi connectivity index (χ3v) is 4.08. The molecular formula is C14H21ClN5S-. The van der Waals surface area contributed by atoms with Crippen LogP contribution in [0.1, 0.15) is 30.9 Å². The second kappa shape index (κ2) is 9.02. The first-order chi connectivity index (χ1) is 9.66. The van der Waals surface area contributed by atoms with Crippen LogP contribution in [0.5, 0.6) is 0 Å². The van der Waals surface area contributed by atoms with Gasteiger partial charge >= 0.3 is 0 Å². The first-order valence-electron chi connectivity index (χ1n) is 6.81. The SMILES string of the molecule is CC(C)c1ccc(CNCCSc2nnnn2C)cc1.[Cl-]. The van der Waals surface area contributed by atoms with Crippen LogP contribution in [0.3, 0.4) is 0 Å². The Morgan fingerprint density at radius 3 is 2.52 bits per heavy atom. The Labute approximate surface area is 136 Å². The van der Waals surface area contributed by atoms with Crippen LogP contribution >= 0.6 is 11.8 Å². The highest BCUT2D eigenvalue weighted by atomic mass is 35.5. The summed E-state index contributed by atoms with van der Waals surface area (Å²) in [6, 6.07) is 8.81. The summed E-state index contributed by atoms with van der Waals surface area (Å²) in [5.74, 6) is 1.55. The smallest absolute Gasteiger partial charge is 0.209 e. The Morgan fingerprint density at radius 2 is 1.95 bits per heavy atom. The highest BCUT2D eigenvalue weighted by Crippen LogP contribution is 2.14. The molecule has 21 heavy (non-hydrogen) atoms. The fourth-order valence-corrected chi connectivity index (χ4v) is 2.56. The highest BCUT2D eigenvalue weighted by Gasteiger charge is 2.02. The topological polar surface area (TPSA) is 55.6 Å². The van der Waals surface area contributed by atoms with Crippen molar-refractivity contribution in [1.29, 1.82) is 0 Å². The van der Waals surface area contributed by atoms with Crippen LogP contribution in [0.15, 0.2) is 29.4 Å². The Balaban J connectivity index is 0.00000220. The number of nitrogens with one attached hydrogen (secondary N) is 1. The quantitative estimate of drug-likeness (QED) is 0.534. The first kappa shape index (κ1) is 17.9. The summed E-state index contributed by atoms with van der Waals surface area (Å²) in [5, 5.41) is 15.6. The number of halogens is 1. The van der Waals surface area contributed by atoms with Crippen LogP contribution in [0.2, 0.25) is 0 Å². The molecule has 0 unspecified atom stereocenters. The van der Waals surface area contributed by atoms with E-state index in [9.17, 15) is 0 Å². The van der Waals surface area contributed by atoms with Crippen molar-refractivity contribution in [3.05, 3.63) is 35.4 Å². The number of thioether (sulfide) groups is 1. The lowest BCUT2D eigenvalue weighted by Crippen LogP contribution is -3.00. The van der Waals surface area contributed by atoms with Gasteiger partial charge in [0.05, 0.1) is 0 Å². The maximum atomic E-state index is 3.93. The molecule has 0 saturated heterocycles. The van der Waals surface area contributed by atoms with E-state index in [1.54, 1.807) is 16.4 Å². The van der Waals surface area contributed by atoms with Gasteiger partial charge in [0, 0.05) is 25.9 Å². The van der Waals surface area contributed by atoms with Gasteiger partial charge in [-0.05, 0) is 27.5 Å². The molecule has 5 nitrogen and oxygen atoms in total. The number of tetrazole rings is 1. The molecule has 7 heteroatoms. The van der Waals surface area contributed by atoms with Gasteiger partial charge in [-0.3, -0.25) is 0 Å². The van der Waals surface area contributed by atoms with Crippen molar-refractivity contribution in [3.63, 3.8) is 0 Å². The normalized spacial score (nSPS) is 10.7. The zero-order valence-electron chi connectivity index (χ0n) is 12.6. The van der Waals surface area contributed by atoms with Crippen LogP contribution in [-0.2, 0) is 13.6 Å². The summed E-state index contributed by atoms with van der Waals surface area (Å²) in [7, 11) is 1.85. The van der Waals surface area contributed by atoms with Gasteiger partial charge in [0.15, 0.2) is 0 Å². The second-order valence-electron chi connectivity index (χ2n) is 5.01. The van der Waals surface area contributed by atoms with Crippen molar-refractivity contribution < 1.29 is 12.4 Å². The molecule has 1 heterocycles. The van der Waals surface area contributed by atoms with Gasteiger partial charge < -0.3 is 17.7 Å². The molecule has 0 bridgehead atoms. The van der Waals surface area contributed by atoms with Gasteiger partial charge in [-0.15, -0.1) is 5.10 Å². The summed E-state index contributed by atoms with van der Waals surface area (Å²) >= 11 is 1.66. The highest BCUT2D eigenvalue weighted by molar-refractivity contribution is 7.99. The minimum atomic E-state index is 0. The van der Waals surface area contributed by atoms with Crippen LogP contribution in [-0.4, -0.2) is 32.5 Å². The van der Waals surface area contributed by atoms with E-state index >= 15 is 0 Å². The van der Waals surface area contributed by atoms with Crippen LogP contribution in [0, 0.1) is 0 Å². The monoisotopic (exact) mass is 326 g/mol. The minimum absolute atomic E-state index is 0. The Kier molecular flexibility index (Phi) is 7.71. The molecule has 0 aliphatic rings. The first-order valence-corrected chi connectivity index (χ1v) is 7.80. The molecule has 1 aromatic carbocycles. The number of hydrogen-bond donors (Lipinski definition) is 1. The Bertz CT molecular complexity index is 526. The minimum Gasteiger partial charge on any atom is -1.00 e. The second-order valence-corrected chi connectivity index (χ2v) is 6.07. The van der Waals surface area contributed by atoms with Crippen molar-refractivity contribution in [2.75, 3.05) is 12.3 Å². The summed E-state index contributed by atoms with van der Waals surface area (Å²) in [5.41, 5.74) is 2.71. The van der Waals surface area contributed by atoms with Gasteiger partial charge in [0.1, 0.15) is 0 Å². The Hall–Kier alpha value is -1.11. The number of hydrogen-bond acceptors (Lipinski definition) is 5. The predicted molar refractivity (Wildman–Crippen MR) is 81.8 cm³/mol. The predicted octanol–water partition coefficient (Wildman–Crippen LogP) is -0.781. The molecule has 0 radical (unpaired) electrons. The standard InChI is InChI=1S/C14H21N5S.ClH/c1-11(2)13-6-4-12(5-7-13)10-15-8-9-20-14-16-17-18-19(14)3;/h4-7,11,15H,8-10H2,1-3H3;1H/p-1. The molecule has 0 fully saturated rings. The molecule has 1 N–H and O–H groups in total. The molecule has 0 saturated carbocycles. The van der Waals surface area contributed by atoms with E-state index < -0.39 is 0 Å². The van der Waals surface area contributed by atoms with Crippen molar-refractivity contribution in [2.45, 2.75) is 31.5 Å². The number of benzene rings is 1. The molecule has 2 aromatic rings. The zero-order valence-corrected chi connectivity index (χ0v) is 14.2. The van der Waals surface area contributed by atoms with E-state index in [0.717, 1.165) is 24.0 Å². The van der Waals surface area contributed by atoms with Gasteiger partial charge in [-0.2, -0.15) is 0 Å². The van der Waals surface area contributed by atoms with E-state index in [4.69, 9.17) is 0 Å². The number of rotatable bonds is 7. The lowest BCUT2D eigenvalue weighted by atomic mass is 10.0. The van der Waals surface area contributed by atoms with Gasteiger partial charge in [-0.1, -0.05) is 49.9 Å². The van der Waals surface area contributed by atoms with E-state index in [0.29, 0.717) is 5.92 Å². The lowest BCUT2D eigenvalue weighted by molar-refractivity contribution is -0.00000450.